The molecule has 0 bridgehead atoms. The summed E-state index contributed by atoms with van der Waals surface area (Å²) in [6.45, 7) is 11.5. The van der Waals surface area contributed by atoms with Gasteiger partial charge in [0.05, 0.1) is 6.54 Å². The van der Waals surface area contributed by atoms with E-state index in [1.807, 2.05) is 27.7 Å². The minimum Gasteiger partial charge on any atom is -0.357 e. The third kappa shape index (κ3) is 8.41. The van der Waals surface area contributed by atoms with Gasteiger partial charge < -0.3 is 10.6 Å². The maximum absolute atomic E-state index is 13.3. The van der Waals surface area contributed by atoms with Crippen molar-refractivity contribution in [3.05, 3.63) is 35.1 Å². The van der Waals surface area contributed by atoms with Gasteiger partial charge in [-0.25, -0.2) is 9.38 Å². The monoisotopic (exact) mass is 469 g/mol. The molecule has 0 aromatic heterocycles. The minimum absolute atomic E-state index is 0. The van der Waals surface area contributed by atoms with E-state index in [1.165, 1.54) is 6.07 Å². The molecule has 0 saturated heterocycles. The number of hydrogen-bond donors (Lipinski definition) is 2. The summed E-state index contributed by atoms with van der Waals surface area (Å²) in [6.07, 6.45) is 0. The Morgan fingerprint density at radius 2 is 1.96 bits per heavy atom. The lowest BCUT2D eigenvalue weighted by molar-refractivity contribution is 0.617. The Balaban J connectivity index is 0.00000529. The summed E-state index contributed by atoms with van der Waals surface area (Å²) < 4.78 is 25.1. The summed E-state index contributed by atoms with van der Waals surface area (Å²) in [5, 5.41) is 6.35. The van der Waals surface area contributed by atoms with Gasteiger partial charge >= 0.3 is 0 Å². The van der Waals surface area contributed by atoms with Gasteiger partial charge in [-0.2, -0.15) is 0 Å². The van der Waals surface area contributed by atoms with Crippen molar-refractivity contribution in [1.82, 2.24) is 10.6 Å². The van der Waals surface area contributed by atoms with Crippen LogP contribution in [0.3, 0.4) is 0 Å². The summed E-state index contributed by atoms with van der Waals surface area (Å²) in [6, 6.07) is 5.01. The number of guanidine groups is 1. The van der Waals surface area contributed by atoms with Crippen LogP contribution in [0.2, 0.25) is 0 Å². The molecule has 4 nitrogen and oxygen atoms in total. The largest absolute Gasteiger partial charge is 0.357 e. The fourth-order valence-corrected chi connectivity index (χ4v) is 2.79. The highest BCUT2D eigenvalue weighted by Gasteiger charge is 2.18. The predicted octanol–water partition coefficient (Wildman–Crippen LogP) is 3.35. The predicted molar refractivity (Wildman–Crippen MR) is 112 cm³/mol. The van der Waals surface area contributed by atoms with Crippen LogP contribution in [0.5, 0.6) is 0 Å². The molecule has 1 unspecified atom stereocenters. The van der Waals surface area contributed by atoms with Crippen molar-refractivity contribution >= 4 is 40.7 Å². The molecule has 0 saturated carbocycles. The minimum atomic E-state index is -0.890. The Morgan fingerprint density at radius 1 is 1.29 bits per heavy atom. The van der Waals surface area contributed by atoms with Gasteiger partial charge in [-0.05, 0) is 51.8 Å². The van der Waals surface area contributed by atoms with Gasteiger partial charge in [0, 0.05) is 34.4 Å². The lowest BCUT2D eigenvalue weighted by atomic mass is 10.1. The second-order valence-corrected chi connectivity index (χ2v) is 8.69. The average Bonchev–Trinajstić information content (AvgIpc) is 2.47. The molecule has 0 aliphatic heterocycles. The first-order valence-electron chi connectivity index (χ1n) is 7.89. The molecule has 0 radical (unpaired) electrons. The zero-order valence-corrected chi connectivity index (χ0v) is 18.3. The zero-order chi connectivity index (χ0) is 17.5. The van der Waals surface area contributed by atoms with Gasteiger partial charge in [-0.3, -0.25) is 4.21 Å². The van der Waals surface area contributed by atoms with E-state index in [0.717, 1.165) is 12.1 Å². The average molecular weight is 469 g/mol. The van der Waals surface area contributed by atoms with Crippen LogP contribution in [0.1, 0.15) is 38.8 Å². The first kappa shape index (κ1) is 23.3. The highest BCUT2D eigenvalue weighted by atomic mass is 127. The molecule has 0 amide bonds. The van der Waals surface area contributed by atoms with Crippen LogP contribution in [0.15, 0.2) is 23.2 Å². The third-order valence-electron chi connectivity index (χ3n) is 3.25. The normalized spacial score (nSPS) is 13.2. The van der Waals surface area contributed by atoms with Gasteiger partial charge in [0.2, 0.25) is 0 Å². The summed E-state index contributed by atoms with van der Waals surface area (Å²) in [5.41, 5.74) is 1.58. The topological polar surface area (TPSA) is 53.5 Å². The van der Waals surface area contributed by atoms with E-state index in [2.05, 4.69) is 15.6 Å². The summed E-state index contributed by atoms with van der Waals surface area (Å²) in [7, 11) is -0.890. The molecule has 0 aliphatic carbocycles. The number of benzene rings is 1. The van der Waals surface area contributed by atoms with E-state index < -0.39 is 10.8 Å². The molecule has 1 aromatic carbocycles. The van der Waals surface area contributed by atoms with Crippen LogP contribution < -0.4 is 10.6 Å². The van der Waals surface area contributed by atoms with Crippen LogP contribution in [-0.4, -0.2) is 33.8 Å². The van der Waals surface area contributed by atoms with Gasteiger partial charge in [0.25, 0.3) is 0 Å². The standard InChI is InChI=1S/C17H28FN3OS.HI/c1-6-19-16(20-9-10-23(22)17(3,4)5)21-12-14-7-8-15(18)13(2)11-14;/h7-8,11H,6,9-10,12H2,1-5H3,(H2,19,20,21);1H. The Hall–Kier alpha value is -0.700. The second kappa shape index (κ2) is 11.0. The van der Waals surface area contributed by atoms with Crippen LogP contribution in [0.4, 0.5) is 4.39 Å². The lowest BCUT2D eigenvalue weighted by Crippen LogP contribution is -2.40. The molecule has 138 valence electrons. The molecule has 1 aromatic rings. The van der Waals surface area contributed by atoms with Gasteiger partial charge in [-0.1, -0.05) is 12.1 Å². The molecular weight excluding hydrogens is 440 g/mol. The molecule has 1 rings (SSSR count). The molecule has 0 aliphatic rings. The van der Waals surface area contributed by atoms with E-state index in [0.29, 0.717) is 30.4 Å². The van der Waals surface area contributed by atoms with Crippen molar-refractivity contribution in [3.63, 3.8) is 0 Å². The molecule has 24 heavy (non-hydrogen) atoms. The maximum atomic E-state index is 13.3. The zero-order valence-electron chi connectivity index (χ0n) is 15.1. The number of aliphatic imine (C=N–C) groups is 1. The Morgan fingerprint density at radius 3 is 2.50 bits per heavy atom. The van der Waals surface area contributed by atoms with Crippen LogP contribution in [0, 0.1) is 12.7 Å². The van der Waals surface area contributed by atoms with Gasteiger partial charge in [0.15, 0.2) is 5.96 Å². The van der Waals surface area contributed by atoms with E-state index in [9.17, 15) is 8.60 Å². The van der Waals surface area contributed by atoms with Crippen molar-refractivity contribution in [2.75, 3.05) is 18.8 Å². The number of hydrogen-bond acceptors (Lipinski definition) is 2. The highest BCUT2D eigenvalue weighted by molar-refractivity contribution is 14.0. The molecule has 0 fully saturated rings. The van der Waals surface area contributed by atoms with Crippen molar-refractivity contribution in [3.8, 4) is 0 Å². The summed E-state index contributed by atoms with van der Waals surface area (Å²) in [5.74, 6) is 1.05. The SMILES string of the molecule is CCNC(=NCc1ccc(F)c(C)c1)NCCS(=O)C(C)(C)C.I. The molecule has 1 atom stereocenters. The van der Waals surface area contributed by atoms with Crippen molar-refractivity contribution in [2.24, 2.45) is 4.99 Å². The Bertz CT molecular complexity index is 573. The molecule has 0 heterocycles. The molecule has 0 spiro atoms. The van der Waals surface area contributed by atoms with E-state index in [1.54, 1.807) is 19.1 Å². The number of nitrogens with zero attached hydrogens (tertiary/aromatic N) is 1. The van der Waals surface area contributed by atoms with Crippen LogP contribution >= 0.6 is 24.0 Å². The smallest absolute Gasteiger partial charge is 0.191 e. The summed E-state index contributed by atoms with van der Waals surface area (Å²) in [4.78, 5) is 4.49. The first-order valence-corrected chi connectivity index (χ1v) is 9.21. The Kier molecular flexibility index (Phi) is 10.7. The van der Waals surface area contributed by atoms with E-state index in [4.69, 9.17) is 0 Å². The van der Waals surface area contributed by atoms with Crippen molar-refractivity contribution in [1.29, 1.82) is 0 Å². The second-order valence-electron chi connectivity index (χ2n) is 6.37. The fourth-order valence-electron chi connectivity index (χ4n) is 1.89. The van der Waals surface area contributed by atoms with E-state index >= 15 is 0 Å². The summed E-state index contributed by atoms with van der Waals surface area (Å²) >= 11 is 0. The molecule has 7 heteroatoms. The number of nitrogens with one attached hydrogen (secondary N) is 2. The van der Waals surface area contributed by atoms with E-state index in [-0.39, 0.29) is 34.5 Å². The molecular formula is C17H29FIN3OS. The van der Waals surface area contributed by atoms with Gasteiger partial charge in [0.1, 0.15) is 5.82 Å². The quantitative estimate of drug-likeness (QED) is 0.382. The third-order valence-corrected chi connectivity index (χ3v) is 5.19. The fraction of sp³-hybridized carbons (Fsp3) is 0.588. The number of aryl methyl sites for hydroxylation is 1. The van der Waals surface area contributed by atoms with Crippen molar-refractivity contribution < 1.29 is 8.60 Å². The van der Waals surface area contributed by atoms with Crippen molar-refractivity contribution in [2.45, 2.75) is 45.9 Å². The lowest BCUT2D eigenvalue weighted by Gasteiger charge is -2.18. The van der Waals surface area contributed by atoms with Crippen LogP contribution in [0.25, 0.3) is 0 Å². The number of halogens is 2. The van der Waals surface area contributed by atoms with Gasteiger partial charge in [-0.15, -0.1) is 24.0 Å². The van der Waals surface area contributed by atoms with Crippen LogP contribution in [-0.2, 0) is 17.3 Å². The number of rotatable bonds is 6. The molecule has 2 N–H and O–H groups in total. The highest BCUT2D eigenvalue weighted by Crippen LogP contribution is 2.11. The first-order chi connectivity index (χ1) is 10.7. The maximum Gasteiger partial charge on any atom is 0.191 e. The Labute approximate surface area is 164 Å².